The summed E-state index contributed by atoms with van der Waals surface area (Å²) < 4.78 is 0. The van der Waals surface area contributed by atoms with E-state index in [2.05, 4.69) is 11.6 Å². The molecule has 0 aromatic heterocycles. The van der Waals surface area contributed by atoms with Crippen molar-refractivity contribution < 1.29 is 14.7 Å². The highest BCUT2D eigenvalue weighted by molar-refractivity contribution is 7.99. The summed E-state index contributed by atoms with van der Waals surface area (Å²) in [5.41, 5.74) is 0. The molecule has 18 heavy (non-hydrogen) atoms. The topological polar surface area (TPSA) is 69.6 Å². The molecule has 104 valence electrons. The molecule has 0 heterocycles. The Kier molecular flexibility index (Phi) is 5.78. The molecule has 2 N–H and O–H groups in total. The van der Waals surface area contributed by atoms with E-state index in [-0.39, 0.29) is 12.1 Å². The molecule has 0 aromatic carbocycles. The highest BCUT2D eigenvalue weighted by Gasteiger charge is 2.26. The van der Waals surface area contributed by atoms with Gasteiger partial charge in [-0.3, -0.25) is 0 Å². The molecule has 0 aromatic rings. The minimum absolute atomic E-state index is 0.173. The molecular formula is C12H22N2O3S. The van der Waals surface area contributed by atoms with Crippen LogP contribution in [0.3, 0.4) is 0 Å². The average Bonchev–Trinajstić information content (AvgIpc) is 2.36. The van der Waals surface area contributed by atoms with E-state index in [9.17, 15) is 9.59 Å². The normalized spacial score (nSPS) is 25.3. The Hall–Kier alpha value is -0.910. The molecule has 1 fully saturated rings. The molecule has 1 aliphatic carbocycles. The number of rotatable bonds is 4. The van der Waals surface area contributed by atoms with E-state index in [0.29, 0.717) is 5.25 Å². The van der Waals surface area contributed by atoms with Crippen molar-refractivity contribution in [3.63, 3.8) is 0 Å². The molecule has 0 bridgehead atoms. The van der Waals surface area contributed by atoms with Crippen molar-refractivity contribution in [2.45, 2.75) is 49.9 Å². The second-order valence-electron chi connectivity index (χ2n) is 4.80. The molecule has 1 saturated carbocycles. The summed E-state index contributed by atoms with van der Waals surface area (Å²) in [7, 11) is 1.52. The maximum atomic E-state index is 11.9. The maximum Gasteiger partial charge on any atom is 0.326 e. The molecular weight excluding hydrogens is 252 g/mol. The maximum absolute atomic E-state index is 11.9. The van der Waals surface area contributed by atoms with E-state index in [1.54, 1.807) is 0 Å². The van der Waals surface area contributed by atoms with E-state index in [1.807, 2.05) is 11.8 Å². The highest BCUT2D eigenvalue weighted by atomic mass is 32.2. The van der Waals surface area contributed by atoms with Crippen molar-refractivity contribution in [2.24, 2.45) is 0 Å². The Morgan fingerprint density at radius 1 is 1.44 bits per heavy atom. The Bertz CT molecular complexity index is 312. The lowest BCUT2D eigenvalue weighted by molar-refractivity contribution is -0.141. The van der Waals surface area contributed by atoms with Gasteiger partial charge in [0.05, 0.1) is 0 Å². The second kappa shape index (κ2) is 6.87. The van der Waals surface area contributed by atoms with Gasteiger partial charge in [0, 0.05) is 18.3 Å². The van der Waals surface area contributed by atoms with Crippen molar-refractivity contribution in [1.29, 1.82) is 0 Å². The summed E-state index contributed by atoms with van der Waals surface area (Å²) in [5.74, 6) is -0.988. The summed E-state index contributed by atoms with van der Waals surface area (Å²) in [6.07, 6.45) is 6.37. The van der Waals surface area contributed by atoms with Gasteiger partial charge in [-0.05, 0) is 32.4 Å². The lowest BCUT2D eigenvalue weighted by atomic mass is 9.95. The van der Waals surface area contributed by atoms with Crippen LogP contribution in [-0.2, 0) is 4.79 Å². The number of carbonyl (C=O) groups excluding carboxylic acids is 1. The van der Waals surface area contributed by atoms with Gasteiger partial charge in [-0.25, -0.2) is 9.59 Å². The van der Waals surface area contributed by atoms with Crippen LogP contribution in [0.15, 0.2) is 0 Å². The molecule has 0 saturated heterocycles. The van der Waals surface area contributed by atoms with Crippen LogP contribution in [-0.4, -0.2) is 52.6 Å². The van der Waals surface area contributed by atoms with Gasteiger partial charge in [0.15, 0.2) is 0 Å². The van der Waals surface area contributed by atoms with Crippen LogP contribution in [0.5, 0.6) is 0 Å². The highest BCUT2D eigenvalue weighted by Crippen LogP contribution is 2.26. The predicted octanol–water partition coefficient (Wildman–Crippen LogP) is 1.78. The first-order chi connectivity index (χ1) is 8.45. The fourth-order valence-corrected chi connectivity index (χ4v) is 2.94. The van der Waals surface area contributed by atoms with Crippen molar-refractivity contribution in [2.75, 3.05) is 13.3 Å². The van der Waals surface area contributed by atoms with Gasteiger partial charge < -0.3 is 15.3 Å². The standard InChI is InChI=1S/C12H22N2O3S/c1-8(11(15)16)14(2)12(17)13-9-5-4-6-10(7-9)18-3/h8-10H,4-7H2,1-3H3,(H,13,17)(H,15,16). The quantitative estimate of drug-likeness (QED) is 0.820. The van der Waals surface area contributed by atoms with E-state index in [0.717, 1.165) is 19.3 Å². The molecule has 0 aliphatic heterocycles. The smallest absolute Gasteiger partial charge is 0.326 e. The SMILES string of the molecule is CSC1CCCC(NC(=O)N(C)C(C)C(=O)O)C1. The third kappa shape index (κ3) is 4.08. The monoisotopic (exact) mass is 274 g/mol. The fraction of sp³-hybridized carbons (Fsp3) is 0.833. The van der Waals surface area contributed by atoms with Crippen LogP contribution in [0.25, 0.3) is 0 Å². The number of thioether (sulfide) groups is 1. The van der Waals surface area contributed by atoms with Gasteiger partial charge in [0.2, 0.25) is 0 Å². The number of hydrogen-bond acceptors (Lipinski definition) is 3. The van der Waals surface area contributed by atoms with E-state index in [1.165, 1.54) is 25.3 Å². The zero-order chi connectivity index (χ0) is 13.7. The van der Waals surface area contributed by atoms with Gasteiger partial charge >= 0.3 is 12.0 Å². The van der Waals surface area contributed by atoms with Crippen LogP contribution in [0.2, 0.25) is 0 Å². The number of nitrogens with one attached hydrogen (secondary N) is 1. The van der Waals surface area contributed by atoms with E-state index < -0.39 is 12.0 Å². The summed E-state index contributed by atoms with van der Waals surface area (Å²) in [6, 6.07) is -0.922. The predicted molar refractivity (Wildman–Crippen MR) is 73.0 cm³/mol. The molecule has 0 radical (unpaired) electrons. The zero-order valence-electron chi connectivity index (χ0n) is 11.2. The Morgan fingerprint density at radius 3 is 2.67 bits per heavy atom. The fourth-order valence-electron chi connectivity index (χ4n) is 2.11. The molecule has 1 rings (SSSR count). The van der Waals surface area contributed by atoms with Crippen molar-refractivity contribution in [3.8, 4) is 0 Å². The molecule has 6 heteroatoms. The molecule has 3 unspecified atom stereocenters. The summed E-state index contributed by atoms with van der Waals surface area (Å²) in [6.45, 7) is 1.51. The van der Waals surface area contributed by atoms with Crippen molar-refractivity contribution in [3.05, 3.63) is 0 Å². The first kappa shape index (κ1) is 15.1. The van der Waals surface area contributed by atoms with Gasteiger partial charge in [0.1, 0.15) is 6.04 Å². The summed E-state index contributed by atoms with van der Waals surface area (Å²) in [4.78, 5) is 23.9. The minimum atomic E-state index is -0.988. The molecule has 5 nitrogen and oxygen atoms in total. The molecule has 1 aliphatic rings. The number of nitrogens with zero attached hydrogens (tertiary/aromatic N) is 1. The minimum Gasteiger partial charge on any atom is -0.480 e. The number of urea groups is 1. The van der Waals surface area contributed by atoms with Gasteiger partial charge in [-0.15, -0.1) is 0 Å². The third-order valence-electron chi connectivity index (χ3n) is 3.55. The van der Waals surface area contributed by atoms with Crippen LogP contribution >= 0.6 is 11.8 Å². The van der Waals surface area contributed by atoms with Crippen LogP contribution in [0.1, 0.15) is 32.6 Å². The Labute approximate surface area is 112 Å². The number of carboxylic acids is 1. The van der Waals surface area contributed by atoms with E-state index in [4.69, 9.17) is 5.11 Å². The lowest BCUT2D eigenvalue weighted by Gasteiger charge is -2.31. The number of carbonyl (C=O) groups is 2. The lowest BCUT2D eigenvalue weighted by Crippen LogP contribution is -2.50. The second-order valence-corrected chi connectivity index (χ2v) is 5.93. The molecule has 2 amide bonds. The largest absolute Gasteiger partial charge is 0.480 e. The number of likely N-dealkylation sites (N-methyl/N-ethyl adjacent to an activating group) is 1. The first-order valence-electron chi connectivity index (χ1n) is 6.24. The van der Waals surface area contributed by atoms with Crippen molar-refractivity contribution in [1.82, 2.24) is 10.2 Å². The summed E-state index contributed by atoms with van der Waals surface area (Å²) in [5, 5.41) is 12.4. The van der Waals surface area contributed by atoms with Gasteiger partial charge in [0.25, 0.3) is 0 Å². The average molecular weight is 274 g/mol. The van der Waals surface area contributed by atoms with Crippen molar-refractivity contribution >= 4 is 23.8 Å². The summed E-state index contributed by atoms with van der Waals surface area (Å²) >= 11 is 1.84. The van der Waals surface area contributed by atoms with Gasteiger partial charge in [-0.1, -0.05) is 6.42 Å². The zero-order valence-corrected chi connectivity index (χ0v) is 12.0. The number of aliphatic carboxylic acids is 1. The van der Waals surface area contributed by atoms with Crippen LogP contribution in [0.4, 0.5) is 4.79 Å². The van der Waals surface area contributed by atoms with E-state index >= 15 is 0 Å². The first-order valence-corrected chi connectivity index (χ1v) is 7.53. The number of hydrogen-bond donors (Lipinski definition) is 2. The van der Waals surface area contributed by atoms with Crippen LogP contribution in [0, 0.1) is 0 Å². The Balaban J connectivity index is 2.46. The number of carboxylic acid groups (broad SMARTS) is 1. The molecule has 3 atom stereocenters. The number of amides is 2. The Morgan fingerprint density at radius 2 is 2.11 bits per heavy atom. The molecule has 0 spiro atoms. The third-order valence-corrected chi connectivity index (χ3v) is 4.64. The van der Waals surface area contributed by atoms with Gasteiger partial charge in [-0.2, -0.15) is 11.8 Å². The van der Waals surface area contributed by atoms with Crippen LogP contribution < -0.4 is 5.32 Å².